The van der Waals surface area contributed by atoms with Gasteiger partial charge < -0.3 is 5.73 Å². The molecule has 1 unspecified atom stereocenters. The Bertz CT molecular complexity index is 921. The van der Waals surface area contributed by atoms with Gasteiger partial charge in [0, 0.05) is 6.20 Å². The summed E-state index contributed by atoms with van der Waals surface area (Å²) in [6, 6.07) is 18.7. The highest BCUT2D eigenvalue weighted by Crippen LogP contribution is 2.29. The Balaban J connectivity index is 1.87. The van der Waals surface area contributed by atoms with E-state index in [4.69, 9.17) is 5.73 Å². The summed E-state index contributed by atoms with van der Waals surface area (Å²) in [5.74, 6) is 0. The van der Waals surface area contributed by atoms with Gasteiger partial charge in [0.2, 0.25) is 0 Å². The zero-order chi connectivity index (χ0) is 14.2. The number of nitrogens with zero attached hydrogens (tertiary/aromatic N) is 1. The van der Waals surface area contributed by atoms with Crippen molar-refractivity contribution in [2.75, 3.05) is 0 Å². The van der Waals surface area contributed by atoms with Gasteiger partial charge in [-0.2, -0.15) is 0 Å². The van der Waals surface area contributed by atoms with Crippen molar-refractivity contribution in [2.45, 2.75) is 6.04 Å². The first-order valence-electron chi connectivity index (χ1n) is 6.89. The van der Waals surface area contributed by atoms with Crippen LogP contribution in [-0.2, 0) is 0 Å². The largest absolute Gasteiger partial charge is 0.320 e. The van der Waals surface area contributed by atoms with E-state index in [2.05, 4.69) is 58.9 Å². The molecule has 102 valence electrons. The van der Waals surface area contributed by atoms with Crippen LogP contribution in [0.15, 0.2) is 66.2 Å². The van der Waals surface area contributed by atoms with E-state index >= 15 is 0 Å². The summed E-state index contributed by atoms with van der Waals surface area (Å²) < 4.78 is 1.18. The molecule has 4 aromatic rings. The van der Waals surface area contributed by atoms with Crippen molar-refractivity contribution in [1.82, 2.24) is 4.98 Å². The summed E-state index contributed by atoms with van der Waals surface area (Å²) in [6.45, 7) is 0. The van der Waals surface area contributed by atoms with Gasteiger partial charge in [0.15, 0.2) is 0 Å². The highest BCUT2D eigenvalue weighted by molar-refractivity contribution is 7.17. The molecule has 0 aliphatic rings. The average Bonchev–Trinajstić information content (AvgIpc) is 3.01. The number of aromatic nitrogens is 1. The fraction of sp³-hybridized carbons (Fsp3) is 0.0556. The molecule has 0 aliphatic heterocycles. The van der Waals surface area contributed by atoms with Crippen LogP contribution >= 0.6 is 11.3 Å². The lowest BCUT2D eigenvalue weighted by molar-refractivity contribution is 0.876. The summed E-state index contributed by atoms with van der Waals surface area (Å²) in [5, 5.41) is 4.49. The van der Waals surface area contributed by atoms with Gasteiger partial charge in [-0.1, -0.05) is 42.5 Å². The van der Waals surface area contributed by atoms with Crippen molar-refractivity contribution in [3.8, 4) is 0 Å². The highest BCUT2D eigenvalue weighted by Gasteiger charge is 2.13. The van der Waals surface area contributed by atoms with Crippen LogP contribution in [-0.4, -0.2) is 4.98 Å². The van der Waals surface area contributed by atoms with Gasteiger partial charge in [-0.3, -0.25) is 4.98 Å². The van der Waals surface area contributed by atoms with E-state index in [9.17, 15) is 0 Å². The molecule has 0 aliphatic carbocycles. The van der Waals surface area contributed by atoms with Gasteiger partial charge in [-0.15, -0.1) is 11.3 Å². The van der Waals surface area contributed by atoms with Gasteiger partial charge in [0.05, 0.1) is 16.3 Å². The number of hydrogen-bond acceptors (Lipinski definition) is 3. The van der Waals surface area contributed by atoms with E-state index in [1.165, 1.54) is 15.5 Å². The van der Waals surface area contributed by atoms with Crippen LogP contribution in [0.4, 0.5) is 0 Å². The summed E-state index contributed by atoms with van der Waals surface area (Å²) in [7, 11) is 0. The van der Waals surface area contributed by atoms with Crippen molar-refractivity contribution in [2.24, 2.45) is 5.73 Å². The van der Waals surface area contributed by atoms with Crippen molar-refractivity contribution in [1.29, 1.82) is 0 Å². The predicted octanol–water partition coefficient (Wildman–Crippen LogP) is 4.50. The number of rotatable bonds is 2. The summed E-state index contributed by atoms with van der Waals surface area (Å²) in [5.41, 5.74) is 9.74. The second-order valence-electron chi connectivity index (χ2n) is 5.12. The summed E-state index contributed by atoms with van der Waals surface area (Å²) >= 11 is 1.70. The Morgan fingerprint density at radius 1 is 1.00 bits per heavy atom. The Labute approximate surface area is 126 Å². The van der Waals surface area contributed by atoms with Crippen molar-refractivity contribution < 1.29 is 0 Å². The zero-order valence-electron chi connectivity index (χ0n) is 11.4. The molecule has 0 saturated heterocycles. The maximum Gasteiger partial charge on any atom is 0.0809 e. The fourth-order valence-electron chi connectivity index (χ4n) is 2.73. The smallest absolute Gasteiger partial charge is 0.0809 e. The Hall–Kier alpha value is -2.23. The number of benzene rings is 2. The topological polar surface area (TPSA) is 38.9 Å². The minimum Gasteiger partial charge on any atom is -0.320 e. The molecule has 0 fully saturated rings. The van der Waals surface area contributed by atoms with Crippen molar-refractivity contribution >= 4 is 32.3 Å². The van der Waals surface area contributed by atoms with Crippen LogP contribution in [0.2, 0.25) is 0 Å². The molecule has 4 rings (SSSR count). The summed E-state index contributed by atoms with van der Waals surface area (Å²) in [4.78, 5) is 4.50. The van der Waals surface area contributed by atoms with Crippen molar-refractivity contribution in [3.63, 3.8) is 0 Å². The molecule has 0 spiro atoms. The van der Waals surface area contributed by atoms with Gasteiger partial charge in [-0.25, -0.2) is 0 Å². The second kappa shape index (κ2) is 4.95. The van der Waals surface area contributed by atoms with Gasteiger partial charge in [0.1, 0.15) is 0 Å². The molecule has 2 aromatic heterocycles. The lowest BCUT2D eigenvalue weighted by Crippen LogP contribution is -2.12. The van der Waals surface area contributed by atoms with Crippen LogP contribution in [0, 0.1) is 0 Å². The molecular formula is C18H14N2S. The maximum absolute atomic E-state index is 6.51. The standard InChI is InChI=1S/C18H14N2S/c19-18(13-10-17-16(20-11-13)8-9-21-17)15-7-3-5-12-4-1-2-6-14(12)15/h1-11,18H,19H2. The Morgan fingerprint density at radius 2 is 1.86 bits per heavy atom. The number of pyridine rings is 1. The molecule has 0 bridgehead atoms. The minimum absolute atomic E-state index is 0.157. The van der Waals surface area contributed by atoms with Crippen LogP contribution in [0.5, 0.6) is 0 Å². The first-order valence-corrected chi connectivity index (χ1v) is 7.77. The van der Waals surface area contributed by atoms with Crippen LogP contribution in [0.3, 0.4) is 0 Å². The minimum atomic E-state index is -0.157. The third-order valence-corrected chi connectivity index (χ3v) is 4.69. The number of thiophene rings is 1. The predicted molar refractivity (Wildman–Crippen MR) is 89.6 cm³/mol. The van der Waals surface area contributed by atoms with Crippen LogP contribution in [0.1, 0.15) is 17.2 Å². The molecule has 3 heteroatoms. The normalized spacial score (nSPS) is 12.8. The third kappa shape index (κ3) is 2.11. The van der Waals surface area contributed by atoms with Gasteiger partial charge >= 0.3 is 0 Å². The first kappa shape index (κ1) is 12.5. The highest BCUT2D eigenvalue weighted by atomic mass is 32.1. The van der Waals surface area contributed by atoms with E-state index in [-0.39, 0.29) is 6.04 Å². The number of fused-ring (bicyclic) bond motifs is 2. The lowest BCUT2D eigenvalue weighted by Gasteiger charge is -2.15. The zero-order valence-corrected chi connectivity index (χ0v) is 12.2. The molecule has 0 saturated carbocycles. The quantitative estimate of drug-likeness (QED) is 0.590. The summed E-state index contributed by atoms with van der Waals surface area (Å²) in [6.07, 6.45) is 1.89. The molecule has 0 radical (unpaired) electrons. The molecule has 2 nitrogen and oxygen atoms in total. The molecule has 2 heterocycles. The third-order valence-electron chi connectivity index (χ3n) is 3.84. The molecular weight excluding hydrogens is 276 g/mol. The monoisotopic (exact) mass is 290 g/mol. The second-order valence-corrected chi connectivity index (χ2v) is 6.07. The molecule has 1 atom stereocenters. The SMILES string of the molecule is NC(c1cnc2ccsc2c1)c1cccc2ccccc12. The molecule has 21 heavy (non-hydrogen) atoms. The number of nitrogens with two attached hydrogens (primary N) is 1. The molecule has 0 amide bonds. The van der Waals surface area contributed by atoms with Gasteiger partial charge in [-0.05, 0) is 39.4 Å². The van der Waals surface area contributed by atoms with E-state index < -0.39 is 0 Å². The Kier molecular flexibility index (Phi) is 2.95. The van der Waals surface area contributed by atoms with E-state index in [1.54, 1.807) is 11.3 Å². The van der Waals surface area contributed by atoms with Crippen LogP contribution in [0.25, 0.3) is 21.0 Å². The van der Waals surface area contributed by atoms with Crippen LogP contribution < -0.4 is 5.73 Å². The lowest BCUT2D eigenvalue weighted by atomic mass is 9.95. The van der Waals surface area contributed by atoms with E-state index in [1.807, 2.05) is 12.3 Å². The molecule has 2 aromatic carbocycles. The fourth-order valence-corrected chi connectivity index (χ4v) is 3.52. The van der Waals surface area contributed by atoms with E-state index in [0.29, 0.717) is 0 Å². The number of hydrogen-bond donors (Lipinski definition) is 1. The van der Waals surface area contributed by atoms with E-state index in [0.717, 1.165) is 16.6 Å². The maximum atomic E-state index is 6.51. The van der Waals surface area contributed by atoms with Crippen molar-refractivity contribution in [3.05, 3.63) is 77.3 Å². The first-order chi connectivity index (χ1) is 10.3. The van der Waals surface area contributed by atoms with Gasteiger partial charge in [0.25, 0.3) is 0 Å². The molecule has 2 N–H and O–H groups in total. The average molecular weight is 290 g/mol. The Morgan fingerprint density at radius 3 is 2.81 bits per heavy atom.